The predicted molar refractivity (Wildman–Crippen MR) is 104 cm³/mol. The lowest BCUT2D eigenvalue weighted by molar-refractivity contribution is -0.907. The number of rotatable bonds is 9. The molecule has 0 saturated carbocycles. The molecule has 0 saturated heterocycles. The highest BCUT2D eigenvalue weighted by Crippen LogP contribution is 2.22. The van der Waals surface area contributed by atoms with Crippen molar-refractivity contribution < 1.29 is 18.8 Å². The van der Waals surface area contributed by atoms with Crippen LogP contribution in [-0.2, 0) is 16.1 Å². The highest BCUT2D eigenvalue weighted by Gasteiger charge is 2.19. The van der Waals surface area contributed by atoms with Gasteiger partial charge in [-0.05, 0) is 30.0 Å². The van der Waals surface area contributed by atoms with E-state index in [4.69, 9.17) is 9.15 Å². The van der Waals surface area contributed by atoms with Gasteiger partial charge in [0.25, 0.3) is 17.7 Å². The van der Waals surface area contributed by atoms with Crippen LogP contribution in [0.4, 0.5) is 5.69 Å². The molecule has 3 rings (SSSR count). The standard InChI is InChI=1S/C19H22N4O3S/c1-14-6-3-4-7-15(14)20-17(24)12-23(9-10-25-2)13-18-21-22-19(26-18)16-8-5-11-27-16/h3-8,11H,9-10,12-13H2,1-2H3,(H,20,24)/p+1. The first kappa shape index (κ1) is 19.2. The molecule has 1 aromatic carbocycles. The van der Waals surface area contributed by atoms with Gasteiger partial charge < -0.3 is 19.4 Å². The number of benzene rings is 1. The summed E-state index contributed by atoms with van der Waals surface area (Å²) in [5, 5.41) is 13.1. The number of ether oxygens (including phenoxy) is 1. The highest BCUT2D eigenvalue weighted by molar-refractivity contribution is 7.13. The Morgan fingerprint density at radius 3 is 2.85 bits per heavy atom. The normalized spacial score (nSPS) is 12.1. The van der Waals surface area contributed by atoms with E-state index in [2.05, 4.69) is 15.5 Å². The molecule has 1 amide bonds. The number of aromatic nitrogens is 2. The molecular weight excluding hydrogens is 364 g/mol. The summed E-state index contributed by atoms with van der Waals surface area (Å²) in [6, 6.07) is 11.6. The number of quaternary nitrogens is 1. The molecule has 8 heteroatoms. The van der Waals surface area contributed by atoms with Crippen LogP contribution >= 0.6 is 11.3 Å². The maximum absolute atomic E-state index is 12.5. The van der Waals surface area contributed by atoms with Crippen molar-refractivity contribution in [1.82, 2.24) is 10.2 Å². The van der Waals surface area contributed by atoms with Crippen molar-refractivity contribution in [3.05, 3.63) is 53.2 Å². The van der Waals surface area contributed by atoms with Crippen LogP contribution in [0.15, 0.2) is 46.2 Å². The fourth-order valence-electron chi connectivity index (χ4n) is 2.66. The van der Waals surface area contributed by atoms with E-state index in [1.165, 1.54) is 0 Å². The zero-order chi connectivity index (χ0) is 19.1. The third-order valence-electron chi connectivity index (χ3n) is 4.09. The minimum atomic E-state index is -0.0617. The lowest BCUT2D eigenvalue weighted by Gasteiger charge is -2.17. The molecule has 0 aliphatic rings. The van der Waals surface area contributed by atoms with Crippen molar-refractivity contribution in [1.29, 1.82) is 0 Å². The second-order valence-corrected chi connectivity index (χ2v) is 7.14. The van der Waals surface area contributed by atoms with Crippen LogP contribution in [0.25, 0.3) is 10.8 Å². The van der Waals surface area contributed by atoms with E-state index in [1.807, 2.05) is 48.7 Å². The number of aryl methyl sites for hydroxylation is 1. The van der Waals surface area contributed by atoms with Gasteiger partial charge in [-0.3, -0.25) is 4.79 Å². The molecule has 27 heavy (non-hydrogen) atoms. The number of amides is 1. The first-order chi connectivity index (χ1) is 13.2. The van der Waals surface area contributed by atoms with E-state index in [0.29, 0.717) is 31.5 Å². The van der Waals surface area contributed by atoms with Gasteiger partial charge in [0.05, 0.1) is 11.5 Å². The fourth-order valence-corrected chi connectivity index (χ4v) is 3.30. The summed E-state index contributed by atoms with van der Waals surface area (Å²) in [5.74, 6) is 0.956. The number of carbonyl (C=O) groups is 1. The Balaban J connectivity index is 1.63. The Labute approximate surface area is 162 Å². The molecule has 0 radical (unpaired) electrons. The summed E-state index contributed by atoms with van der Waals surface area (Å²) in [4.78, 5) is 14.4. The molecular formula is C19H23N4O3S+. The maximum Gasteiger partial charge on any atom is 0.279 e. The number of anilines is 1. The van der Waals surface area contributed by atoms with E-state index >= 15 is 0 Å². The molecule has 2 heterocycles. The van der Waals surface area contributed by atoms with Crippen molar-refractivity contribution in [3.63, 3.8) is 0 Å². The van der Waals surface area contributed by atoms with E-state index in [9.17, 15) is 4.79 Å². The molecule has 7 nitrogen and oxygen atoms in total. The number of thiophene rings is 1. The van der Waals surface area contributed by atoms with Gasteiger partial charge in [-0.2, -0.15) is 0 Å². The van der Waals surface area contributed by atoms with Gasteiger partial charge in [-0.25, -0.2) is 0 Å². The zero-order valence-electron chi connectivity index (χ0n) is 15.4. The second-order valence-electron chi connectivity index (χ2n) is 6.19. The fraction of sp³-hybridized carbons (Fsp3) is 0.316. The molecule has 2 N–H and O–H groups in total. The van der Waals surface area contributed by atoms with Crippen molar-refractivity contribution >= 4 is 22.9 Å². The summed E-state index contributed by atoms with van der Waals surface area (Å²) in [6.07, 6.45) is 0. The van der Waals surface area contributed by atoms with Crippen molar-refractivity contribution in [2.45, 2.75) is 13.5 Å². The van der Waals surface area contributed by atoms with E-state index in [0.717, 1.165) is 21.0 Å². The van der Waals surface area contributed by atoms with Crippen LogP contribution in [0.5, 0.6) is 0 Å². The van der Waals surface area contributed by atoms with E-state index < -0.39 is 0 Å². The summed E-state index contributed by atoms with van der Waals surface area (Å²) in [5.41, 5.74) is 1.85. The molecule has 0 bridgehead atoms. The minimum absolute atomic E-state index is 0.0617. The summed E-state index contributed by atoms with van der Waals surface area (Å²) < 4.78 is 10.9. The summed E-state index contributed by atoms with van der Waals surface area (Å²) >= 11 is 1.55. The van der Waals surface area contributed by atoms with Crippen LogP contribution in [0.2, 0.25) is 0 Å². The molecule has 0 aliphatic carbocycles. The van der Waals surface area contributed by atoms with Crippen molar-refractivity contribution in [2.75, 3.05) is 32.1 Å². The van der Waals surface area contributed by atoms with Crippen molar-refractivity contribution in [2.24, 2.45) is 0 Å². The SMILES string of the molecule is COCC[NH+](CC(=O)Nc1ccccc1C)Cc1nnc(-c2cccs2)o1. The van der Waals surface area contributed by atoms with Crippen LogP contribution in [-0.4, -0.2) is 42.9 Å². The predicted octanol–water partition coefficient (Wildman–Crippen LogP) is 1.78. The minimum Gasteiger partial charge on any atom is -0.414 e. The largest absolute Gasteiger partial charge is 0.414 e. The Kier molecular flexibility index (Phi) is 6.69. The van der Waals surface area contributed by atoms with Gasteiger partial charge in [0.2, 0.25) is 0 Å². The monoisotopic (exact) mass is 387 g/mol. The average molecular weight is 387 g/mol. The molecule has 142 valence electrons. The number of para-hydroxylation sites is 1. The van der Waals surface area contributed by atoms with Gasteiger partial charge >= 0.3 is 0 Å². The number of hydrogen-bond donors (Lipinski definition) is 2. The number of methoxy groups -OCH3 is 1. The average Bonchev–Trinajstić information content (AvgIpc) is 3.33. The highest BCUT2D eigenvalue weighted by atomic mass is 32.1. The first-order valence-electron chi connectivity index (χ1n) is 8.70. The topological polar surface area (TPSA) is 81.7 Å². The number of nitrogens with one attached hydrogen (secondary N) is 2. The molecule has 0 spiro atoms. The summed E-state index contributed by atoms with van der Waals surface area (Å²) in [6.45, 7) is 3.92. The number of hydrogen-bond acceptors (Lipinski definition) is 6. The third-order valence-corrected chi connectivity index (χ3v) is 4.95. The maximum atomic E-state index is 12.5. The summed E-state index contributed by atoms with van der Waals surface area (Å²) in [7, 11) is 1.65. The van der Waals surface area contributed by atoms with Crippen LogP contribution in [0, 0.1) is 6.92 Å². The Morgan fingerprint density at radius 2 is 2.11 bits per heavy atom. The Hall–Kier alpha value is -2.55. The van der Waals surface area contributed by atoms with Gasteiger partial charge in [0.15, 0.2) is 13.1 Å². The molecule has 3 aromatic rings. The Bertz CT molecular complexity index is 863. The van der Waals surface area contributed by atoms with Crippen LogP contribution in [0.1, 0.15) is 11.5 Å². The number of nitrogens with zero attached hydrogens (tertiary/aromatic N) is 2. The van der Waals surface area contributed by atoms with Gasteiger partial charge in [-0.15, -0.1) is 21.5 Å². The molecule has 0 fully saturated rings. The van der Waals surface area contributed by atoms with Crippen LogP contribution in [0.3, 0.4) is 0 Å². The molecule has 0 aliphatic heterocycles. The van der Waals surface area contributed by atoms with E-state index in [1.54, 1.807) is 18.4 Å². The van der Waals surface area contributed by atoms with Gasteiger partial charge in [-0.1, -0.05) is 24.3 Å². The Morgan fingerprint density at radius 1 is 1.26 bits per heavy atom. The third kappa shape index (κ3) is 5.46. The van der Waals surface area contributed by atoms with Gasteiger partial charge in [0.1, 0.15) is 6.54 Å². The van der Waals surface area contributed by atoms with E-state index in [-0.39, 0.29) is 12.5 Å². The lowest BCUT2D eigenvalue weighted by Crippen LogP contribution is -3.12. The lowest BCUT2D eigenvalue weighted by atomic mass is 10.2. The molecule has 1 atom stereocenters. The van der Waals surface area contributed by atoms with Gasteiger partial charge in [0, 0.05) is 12.8 Å². The quantitative estimate of drug-likeness (QED) is 0.585. The first-order valence-corrected chi connectivity index (χ1v) is 9.58. The number of carbonyl (C=O) groups excluding carboxylic acids is 1. The zero-order valence-corrected chi connectivity index (χ0v) is 16.2. The van der Waals surface area contributed by atoms with Crippen molar-refractivity contribution in [3.8, 4) is 10.8 Å². The smallest absolute Gasteiger partial charge is 0.279 e. The molecule has 1 unspecified atom stereocenters. The molecule has 2 aromatic heterocycles. The second kappa shape index (κ2) is 9.40. The van der Waals surface area contributed by atoms with Crippen LogP contribution < -0.4 is 10.2 Å².